The smallest absolute Gasteiger partial charge is 0.326 e. The van der Waals surface area contributed by atoms with Crippen LogP contribution in [0, 0.1) is 0 Å². The Labute approximate surface area is 139 Å². The third-order valence-electron chi connectivity index (χ3n) is 3.02. The number of rotatable bonds is 5. The number of carbonyl (C=O) groups excluding carboxylic acids is 3. The SMILES string of the molecule is CCOC(=O)CN1C(=O)S/C(=C\C(C)=C\c2ccccc2)C1=O. The molecule has 23 heavy (non-hydrogen) atoms. The quantitative estimate of drug-likeness (QED) is 0.612. The van der Waals surface area contributed by atoms with E-state index in [-0.39, 0.29) is 13.2 Å². The van der Waals surface area contributed by atoms with Crippen molar-refractivity contribution in [2.24, 2.45) is 0 Å². The topological polar surface area (TPSA) is 63.7 Å². The summed E-state index contributed by atoms with van der Waals surface area (Å²) in [7, 11) is 0. The highest BCUT2D eigenvalue weighted by atomic mass is 32.2. The largest absolute Gasteiger partial charge is 0.465 e. The molecule has 1 saturated heterocycles. The molecule has 5 nitrogen and oxygen atoms in total. The summed E-state index contributed by atoms with van der Waals surface area (Å²) in [6.45, 7) is 3.39. The summed E-state index contributed by atoms with van der Waals surface area (Å²) in [5.74, 6) is -1.05. The van der Waals surface area contributed by atoms with E-state index in [0.29, 0.717) is 4.91 Å². The van der Waals surface area contributed by atoms with Gasteiger partial charge in [-0.1, -0.05) is 36.4 Å². The molecule has 1 aromatic rings. The van der Waals surface area contributed by atoms with Gasteiger partial charge in [-0.25, -0.2) is 0 Å². The highest BCUT2D eigenvalue weighted by Gasteiger charge is 2.36. The van der Waals surface area contributed by atoms with E-state index < -0.39 is 17.1 Å². The maximum absolute atomic E-state index is 12.2. The lowest BCUT2D eigenvalue weighted by atomic mass is 10.1. The van der Waals surface area contributed by atoms with Crippen molar-refractivity contribution in [1.29, 1.82) is 0 Å². The first-order valence-electron chi connectivity index (χ1n) is 7.15. The van der Waals surface area contributed by atoms with E-state index in [0.717, 1.165) is 27.8 Å². The third-order valence-corrected chi connectivity index (χ3v) is 3.93. The average Bonchev–Trinajstić information content (AvgIpc) is 2.76. The van der Waals surface area contributed by atoms with E-state index in [4.69, 9.17) is 4.74 Å². The molecule has 120 valence electrons. The Morgan fingerprint density at radius 3 is 2.61 bits per heavy atom. The van der Waals surface area contributed by atoms with Crippen molar-refractivity contribution in [3.05, 3.63) is 52.4 Å². The molecule has 0 aromatic heterocycles. The molecule has 6 heteroatoms. The average molecular weight is 331 g/mol. The van der Waals surface area contributed by atoms with Crippen molar-refractivity contribution in [2.75, 3.05) is 13.2 Å². The lowest BCUT2D eigenvalue weighted by Gasteiger charge is -2.10. The number of hydrogen-bond donors (Lipinski definition) is 0. The summed E-state index contributed by atoms with van der Waals surface area (Å²) < 4.78 is 4.77. The molecule has 0 atom stereocenters. The molecule has 2 rings (SSSR count). The fraction of sp³-hybridized carbons (Fsp3) is 0.235. The Bertz CT molecular complexity index is 679. The minimum absolute atomic E-state index is 0.212. The normalized spacial score (nSPS) is 17.0. The van der Waals surface area contributed by atoms with Crippen LogP contribution >= 0.6 is 11.8 Å². The zero-order valence-corrected chi connectivity index (χ0v) is 13.8. The zero-order valence-electron chi connectivity index (χ0n) is 12.9. The van der Waals surface area contributed by atoms with Gasteiger partial charge >= 0.3 is 5.97 Å². The standard InChI is InChI=1S/C17H17NO4S/c1-3-22-15(19)11-18-16(20)14(23-17(18)21)10-12(2)9-13-7-5-4-6-8-13/h4-10H,3,11H2,1-2H3/b12-9+,14-10-. The van der Waals surface area contributed by atoms with Crippen molar-refractivity contribution in [3.8, 4) is 0 Å². The molecule has 0 radical (unpaired) electrons. The van der Waals surface area contributed by atoms with Gasteiger partial charge in [-0.15, -0.1) is 0 Å². The molecule has 0 spiro atoms. The monoisotopic (exact) mass is 331 g/mol. The van der Waals surface area contributed by atoms with Gasteiger partial charge in [-0.05, 0) is 42.8 Å². The Morgan fingerprint density at radius 1 is 1.26 bits per heavy atom. The summed E-state index contributed by atoms with van der Waals surface area (Å²) in [4.78, 5) is 36.8. The van der Waals surface area contributed by atoms with Gasteiger partial charge in [0.05, 0.1) is 11.5 Å². The first kappa shape index (κ1) is 17.0. The highest BCUT2D eigenvalue weighted by molar-refractivity contribution is 8.18. The number of allylic oxidation sites excluding steroid dienone is 2. The summed E-state index contributed by atoms with van der Waals surface area (Å²) in [6, 6.07) is 9.67. The number of esters is 1. The van der Waals surface area contributed by atoms with E-state index in [1.54, 1.807) is 13.0 Å². The molecule has 1 heterocycles. The van der Waals surface area contributed by atoms with Crippen molar-refractivity contribution < 1.29 is 19.1 Å². The molecule has 0 aliphatic carbocycles. The summed E-state index contributed by atoms with van der Waals surface area (Å²) >= 11 is 0.831. The third kappa shape index (κ3) is 4.56. The highest BCUT2D eigenvalue weighted by Crippen LogP contribution is 2.31. The van der Waals surface area contributed by atoms with E-state index in [1.165, 1.54) is 0 Å². The van der Waals surface area contributed by atoms with Crippen LogP contribution < -0.4 is 0 Å². The molecule has 1 aliphatic heterocycles. The minimum atomic E-state index is -0.590. The minimum Gasteiger partial charge on any atom is -0.465 e. The summed E-state index contributed by atoms with van der Waals surface area (Å²) in [5.41, 5.74) is 1.85. The lowest BCUT2D eigenvalue weighted by Crippen LogP contribution is -2.34. The van der Waals surface area contributed by atoms with Gasteiger partial charge in [0.1, 0.15) is 6.54 Å². The van der Waals surface area contributed by atoms with Gasteiger partial charge in [0.2, 0.25) is 0 Å². The van der Waals surface area contributed by atoms with Gasteiger partial charge in [-0.3, -0.25) is 19.3 Å². The van der Waals surface area contributed by atoms with Crippen LogP contribution in [0.1, 0.15) is 19.4 Å². The fourth-order valence-electron chi connectivity index (χ4n) is 2.03. The molecule has 0 bridgehead atoms. The van der Waals surface area contributed by atoms with Crippen molar-refractivity contribution in [2.45, 2.75) is 13.8 Å². The lowest BCUT2D eigenvalue weighted by molar-refractivity contribution is -0.146. The maximum Gasteiger partial charge on any atom is 0.326 e. The van der Waals surface area contributed by atoms with Crippen LogP contribution in [-0.4, -0.2) is 35.2 Å². The molecule has 0 unspecified atom stereocenters. The molecule has 2 amide bonds. The van der Waals surface area contributed by atoms with E-state index in [2.05, 4.69) is 0 Å². The van der Waals surface area contributed by atoms with Crippen LogP contribution in [0.25, 0.3) is 6.08 Å². The van der Waals surface area contributed by atoms with Gasteiger partial charge in [0.15, 0.2) is 0 Å². The van der Waals surface area contributed by atoms with Crippen LogP contribution in [0.15, 0.2) is 46.9 Å². The number of hydrogen-bond acceptors (Lipinski definition) is 5. The van der Waals surface area contributed by atoms with E-state index >= 15 is 0 Å². The second-order valence-electron chi connectivity index (χ2n) is 4.87. The second kappa shape index (κ2) is 7.78. The van der Waals surface area contributed by atoms with Crippen LogP contribution in [-0.2, 0) is 14.3 Å². The Morgan fingerprint density at radius 2 is 1.96 bits per heavy atom. The van der Waals surface area contributed by atoms with Crippen molar-refractivity contribution in [1.82, 2.24) is 4.90 Å². The van der Waals surface area contributed by atoms with Crippen LogP contribution in [0.2, 0.25) is 0 Å². The number of imide groups is 1. The summed E-state index contributed by atoms with van der Waals surface area (Å²) in [5, 5.41) is -0.457. The van der Waals surface area contributed by atoms with Gasteiger partial charge in [-0.2, -0.15) is 0 Å². The fourth-order valence-corrected chi connectivity index (χ4v) is 2.92. The van der Waals surface area contributed by atoms with Gasteiger partial charge in [0, 0.05) is 0 Å². The molecule has 0 saturated carbocycles. The Hall–Kier alpha value is -2.34. The molecule has 1 aromatic carbocycles. The van der Waals surface area contributed by atoms with Gasteiger partial charge < -0.3 is 4.74 Å². The first-order chi connectivity index (χ1) is 11.0. The van der Waals surface area contributed by atoms with Crippen LogP contribution in [0.4, 0.5) is 4.79 Å². The molecular weight excluding hydrogens is 314 g/mol. The number of ether oxygens (including phenoxy) is 1. The predicted molar refractivity (Wildman–Crippen MR) is 89.5 cm³/mol. The predicted octanol–water partition coefficient (Wildman–Crippen LogP) is 3.23. The number of thioether (sulfide) groups is 1. The van der Waals surface area contributed by atoms with Crippen molar-refractivity contribution in [3.63, 3.8) is 0 Å². The number of carbonyl (C=O) groups is 3. The molecule has 1 fully saturated rings. The van der Waals surface area contributed by atoms with Crippen LogP contribution in [0.3, 0.4) is 0 Å². The molecule has 0 N–H and O–H groups in total. The van der Waals surface area contributed by atoms with Gasteiger partial charge in [0.25, 0.3) is 11.1 Å². The Kier molecular flexibility index (Phi) is 5.76. The number of benzene rings is 1. The van der Waals surface area contributed by atoms with E-state index in [1.807, 2.05) is 43.3 Å². The molecular formula is C17H17NO4S. The first-order valence-corrected chi connectivity index (χ1v) is 7.97. The zero-order chi connectivity index (χ0) is 16.8. The molecule has 1 aliphatic rings. The Balaban J connectivity index is 2.12. The number of nitrogens with zero attached hydrogens (tertiary/aromatic N) is 1. The van der Waals surface area contributed by atoms with Crippen LogP contribution in [0.5, 0.6) is 0 Å². The van der Waals surface area contributed by atoms with Crippen molar-refractivity contribution >= 4 is 35.0 Å². The number of amides is 2. The maximum atomic E-state index is 12.2. The second-order valence-corrected chi connectivity index (χ2v) is 5.87. The summed E-state index contributed by atoms with van der Waals surface area (Å²) in [6.07, 6.45) is 3.57. The van der Waals surface area contributed by atoms with E-state index in [9.17, 15) is 14.4 Å².